The SMILES string of the molecule is CC#C/C(=N\OC[C@H]1COCCN1)c1ccc2ncnc(Nc3ccc(OCc4cccc(F)c4)c(Cl)c3)c2c1.CC#CC(=O)c1ccc2ncnc(Nc3ccc(OCc4cccc(F)c4)c(Cl)c3)c2c1.I.NOC[C@H]1COCCN1. The number of nitrogens with zero attached hydrogens (tertiary/aromatic N) is 5. The van der Waals surface area contributed by atoms with Gasteiger partial charge in [-0.2, -0.15) is 0 Å². The molecule has 2 aromatic heterocycles. The number of hydrogen-bond acceptors (Lipinski definition) is 17. The molecular weight excluding hydrogens is 1210 g/mol. The maximum absolute atomic E-state index is 13.4. The number of aromatic nitrogens is 4. The number of halogens is 5. The summed E-state index contributed by atoms with van der Waals surface area (Å²) >= 11 is 12.9. The van der Waals surface area contributed by atoms with Crippen LogP contribution in [0.25, 0.3) is 21.8 Å². The van der Waals surface area contributed by atoms with Gasteiger partial charge in [0.1, 0.15) is 67.2 Å². The third-order valence-corrected chi connectivity index (χ3v) is 12.6. The third-order valence-electron chi connectivity index (χ3n) is 12.0. The minimum atomic E-state index is -0.319. The highest BCUT2D eigenvalue weighted by molar-refractivity contribution is 14.0. The van der Waals surface area contributed by atoms with Crippen LogP contribution in [0.5, 0.6) is 11.5 Å². The lowest BCUT2D eigenvalue weighted by atomic mass is 10.1. The van der Waals surface area contributed by atoms with Gasteiger partial charge in [0.25, 0.3) is 0 Å². The fourth-order valence-electron chi connectivity index (χ4n) is 8.05. The molecule has 4 heterocycles. The van der Waals surface area contributed by atoms with E-state index in [1.54, 1.807) is 86.6 Å². The Morgan fingerprint density at radius 1 is 0.671 bits per heavy atom. The van der Waals surface area contributed by atoms with Crippen molar-refractivity contribution in [2.45, 2.75) is 39.1 Å². The van der Waals surface area contributed by atoms with Crippen molar-refractivity contribution in [3.63, 3.8) is 0 Å². The number of ketones is 1. The predicted octanol–water partition coefficient (Wildman–Crippen LogP) is 10.9. The quantitative estimate of drug-likeness (QED) is 0.0143. The molecule has 22 heteroatoms. The van der Waals surface area contributed by atoms with Gasteiger partial charge in [-0.25, -0.2) is 34.6 Å². The van der Waals surface area contributed by atoms with E-state index in [-0.39, 0.29) is 66.7 Å². The molecule has 2 fully saturated rings. The van der Waals surface area contributed by atoms with Crippen molar-refractivity contribution in [1.29, 1.82) is 0 Å². The van der Waals surface area contributed by atoms with Crippen LogP contribution in [0.4, 0.5) is 31.8 Å². The number of carbonyl (C=O) groups is 1. The van der Waals surface area contributed by atoms with Crippen LogP contribution in [0.2, 0.25) is 10.0 Å². The molecule has 0 saturated carbocycles. The average Bonchev–Trinajstić information content (AvgIpc) is 3.54. The fourth-order valence-corrected chi connectivity index (χ4v) is 8.52. The van der Waals surface area contributed by atoms with Crippen molar-refractivity contribution in [3.05, 3.63) is 178 Å². The van der Waals surface area contributed by atoms with Gasteiger partial charge in [0.15, 0.2) is 5.71 Å². The van der Waals surface area contributed by atoms with E-state index in [0.717, 1.165) is 36.2 Å². The Labute approximate surface area is 500 Å². The molecule has 17 nitrogen and oxygen atoms in total. The first-order chi connectivity index (χ1) is 39.5. The van der Waals surface area contributed by atoms with Gasteiger partial charge >= 0.3 is 0 Å². The molecule has 6 N–H and O–H groups in total. The average molecular weight is 1270 g/mol. The van der Waals surface area contributed by atoms with Crippen LogP contribution in [0.3, 0.4) is 0 Å². The predicted molar refractivity (Wildman–Crippen MR) is 325 cm³/mol. The van der Waals surface area contributed by atoms with Gasteiger partial charge < -0.3 is 49.9 Å². The topological polar surface area (TPSA) is 211 Å². The summed E-state index contributed by atoms with van der Waals surface area (Å²) in [4.78, 5) is 39.6. The van der Waals surface area contributed by atoms with Gasteiger partial charge in [0.2, 0.25) is 5.78 Å². The van der Waals surface area contributed by atoms with Gasteiger partial charge in [-0.05, 0) is 134 Å². The minimum Gasteiger partial charge on any atom is -0.487 e. The second-order valence-corrected chi connectivity index (χ2v) is 18.7. The van der Waals surface area contributed by atoms with Gasteiger partial charge in [-0.3, -0.25) is 4.79 Å². The third kappa shape index (κ3) is 18.5. The molecule has 0 unspecified atom stereocenters. The summed E-state index contributed by atoms with van der Waals surface area (Å²) in [5.74, 6) is 17.1. The number of morpholine rings is 2. The number of hydrogen-bond donors (Lipinski definition) is 5. The number of rotatable bonds is 17. The molecule has 2 atom stereocenters. The summed E-state index contributed by atoms with van der Waals surface area (Å²) in [6, 6.07) is 34.2. The summed E-state index contributed by atoms with van der Waals surface area (Å²) in [6.07, 6.45) is 2.93. The molecule has 82 heavy (non-hydrogen) atoms. The molecule has 2 aliphatic heterocycles. The Kier molecular flexibility index (Phi) is 24.3. The molecule has 424 valence electrons. The van der Waals surface area contributed by atoms with Crippen molar-refractivity contribution in [2.24, 2.45) is 11.1 Å². The van der Waals surface area contributed by atoms with Crippen molar-refractivity contribution >= 4 is 103 Å². The number of ether oxygens (including phenoxy) is 4. The van der Waals surface area contributed by atoms with E-state index in [1.807, 2.05) is 24.3 Å². The van der Waals surface area contributed by atoms with Crippen LogP contribution in [0.1, 0.15) is 40.9 Å². The summed E-state index contributed by atoms with van der Waals surface area (Å²) in [5, 5.41) is 19.6. The standard InChI is InChI=1S/C30H27ClFN5O3.C25H17ClFN3O2.C5H12N2O2.HI/c1-2-4-27(37-40-18-24-17-38-12-11-33-24)21-7-9-28-25(14-21)30(35-19-34-28)36-23-8-10-29(26(31)15-23)39-16-20-5-3-6-22(32)13-20;1-2-4-23(31)17-7-9-22-20(12-17)25(29-15-28-22)30-19-8-10-24(21(26)13-19)32-14-16-5-3-6-18(27)11-16;6-9-4-5-3-8-2-1-7-5;/h3,5-10,13-15,19,24,33H,11-12,16-18H2,1H3,(H,34,35,36);3,5-13,15H,14H2,1H3,(H,28,29,30);5,7H,1-4,6H2;1H/b37-27+;;;/t24-;;5-;/m1.1./s1. The van der Waals surface area contributed by atoms with E-state index < -0.39 is 0 Å². The molecule has 0 bridgehead atoms. The lowest BCUT2D eigenvalue weighted by Crippen LogP contribution is -2.44. The zero-order valence-corrected chi connectivity index (χ0v) is 48.4. The molecule has 0 amide bonds. The molecular formula is C60H57Cl2F2IN10O7. The molecule has 2 aliphatic rings. The van der Waals surface area contributed by atoms with Crippen molar-refractivity contribution in [3.8, 4) is 35.2 Å². The smallest absolute Gasteiger partial charge is 0.235 e. The van der Waals surface area contributed by atoms with E-state index in [1.165, 1.54) is 36.9 Å². The van der Waals surface area contributed by atoms with Crippen LogP contribution < -0.4 is 36.6 Å². The Hall–Kier alpha value is -7.61. The minimum absolute atomic E-state index is 0. The number of nitrogens with two attached hydrogens (primary N) is 1. The molecule has 8 aromatic rings. The number of benzene rings is 6. The normalized spacial score (nSPS) is 14.6. The number of oxime groups is 1. The van der Waals surface area contributed by atoms with Crippen molar-refractivity contribution in [1.82, 2.24) is 30.6 Å². The van der Waals surface area contributed by atoms with E-state index in [4.69, 9.17) is 52.9 Å². The zero-order valence-electron chi connectivity index (χ0n) is 44.5. The number of carbonyl (C=O) groups excluding carboxylic acids is 1. The first-order valence-electron chi connectivity index (χ1n) is 25.5. The monoisotopic (exact) mass is 1260 g/mol. The van der Waals surface area contributed by atoms with E-state index in [2.05, 4.69) is 74.9 Å². The highest BCUT2D eigenvalue weighted by Gasteiger charge is 2.16. The number of anilines is 4. The number of fused-ring (bicyclic) bond motifs is 2. The molecule has 10 rings (SSSR count). The lowest BCUT2D eigenvalue weighted by molar-refractivity contribution is 0.0290. The maximum atomic E-state index is 13.4. The maximum Gasteiger partial charge on any atom is 0.235 e. The van der Waals surface area contributed by atoms with Gasteiger partial charge in [-0.1, -0.05) is 64.5 Å². The van der Waals surface area contributed by atoms with E-state index >= 15 is 0 Å². The fraction of sp³-hybridized carbons (Fsp3) is 0.233. The molecule has 0 radical (unpaired) electrons. The summed E-state index contributed by atoms with van der Waals surface area (Å²) in [5.41, 5.74) is 5.96. The van der Waals surface area contributed by atoms with Crippen LogP contribution in [-0.2, 0) is 32.4 Å². The molecule has 0 aliphatic carbocycles. The highest BCUT2D eigenvalue weighted by Crippen LogP contribution is 2.33. The summed E-state index contributed by atoms with van der Waals surface area (Å²) in [7, 11) is 0. The molecule has 0 spiro atoms. The van der Waals surface area contributed by atoms with Crippen molar-refractivity contribution < 1.29 is 42.2 Å². The second kappa shape index (κ2) is 32.1. The van der Waals surface area contributed by atoms with Gasteiger partial charge in [0.05, 0.1) is 66.2 Å². The Bertz CT molecular complexity index is 3610. The first-order valence-corrected chi connectivity index (χ1v) is 26.2. The highest BCUT2D eigenvalue weighted by atomic mass is 127. The van der Waals surface area contributed by atoms with Gasteiger partial charge in [-0.15, -0.1) is 24.0 Å². The molecule has 6 aromatic carbocycles. The van der Waals surface area contributed by atoms with Gasteiger partial charge in [0, 0.05) is 46.4 Å². The summed E-state index contributed by atoms with van der Waals surface area (Å²) in [6.45, 7) is 9.12. The van der Waals surface area contributed by atoms with Crippen LogP contribution in [0.15, 0.2) is 139 Å². The van der Waals surface area contributed by atoms with Crippen LogP contribution in [0, 0.1) is 35.3 Å². The number of Topliss-reactive ketones (excluding diaryl/α,β-unsaturated/α-hetero) is 1. The Morgan fingerprint density at radius 3 is 1.66 bits per heavy atom. The zero-order chi connectivity index (χ0) is 56.8. The molecule has 2 saturated heterocycles. The van der Waals surface area contributed by atoms with Crippen LogP contribution >= 0.6 is 47.2 Å². The van der Waals surface area contributed by atoms with E-state index in [9.17, 15) is 13.6 Å². The number of nitrogens with one attached hydrogen (secondary N) is 4. The first kappa shape index (κ1) is 62.0. The lowest BCUT2D eigenvalue weighted by Gasteiger charge is -2.22. The van der Waals surface area contributed by atoms with E-state index in [0.29, 0.717) is 111 Å². The largest absolute Gasteiger partial charge is 0.487 e. The second-order valence-electron chi connectivity index (χ2n) is 17.9. The van der Waals surface area contributed by atoms with Crippen molar-refractivity contribution in [2.75, 3.05) is 63.4 Å². The Balaban J connectivity index is 0.000000206. The van der Waals surface area contributed by atoms with Crippen LogP contribution in [-0.4, -0.2) is 96.2 Å². The Morgan fingerprint density at radius 2 is 1.18 bits per heavy atom. The summed E-state index contributed by atoms with van der Waals surface area (Å²) < 4.78 is 48.9.